The molecule has 0 saturated carbocycles. The normalized spacial score (nSPS) is 14.4. The zero-order valence-corrected chi connectivity index (χ0v) is 59.5. The summed E-state index contributed by atoms with van der Waals surface area (Å²) < 4.78 is 68.2. The van der Waals surface area contributed by atoms with E-state index >= 15 is 0 Å². The van der Waals surface area contributed by atoms with Crippen LogP contribution in [0.1, 0.15) is 356 Å². The molecule has 0 saturated heterocycles. The fourth-order valence-corrected chi connectivity index (χ4v) is 12.1. The van der Waals surface area contributed by atoms with Gasteiger partial charge in [0.15, 0.2) is 12.2 Å². The highest BCUT2D eigenvalue weighted by atomic mass is 31.2. The Morgan fingerprint density at radius 3 is 0.854 bits per heavy atom. The summed E-state index contributed by atoms with van der Waals surface area (Å²) in [6.07, 6.45) is 47.2. The van der Waals surface area contributed by atoms with Crippen molar-refractivity contribution in [2.75, 3.05) is 39.6 Å². The number of carbonyl (C=O) groups is 4. The van der Waals surface area contributed by atoms with Crippen LogP contribution in [0.5, 0.6) is 0 Å². The molecule has 0 aromatic heterocycles. The number of carbonyl (C=O) groups excluding carboxylic acids is 4. The second-order valence-electron chi connectivity index (χ2n) is 26.0. The van der Waals surface area contributed by atoms with E-state index < -0.39 is 97.5 Å². The predicted octanol–water partition coefficient (Wildman–Crippen LogP) is 20.0. The number of aliphatic hydroxyl groups excluding tert-OH is 1. The van der Waals surface area contributed by atoms with Gasteiger partial charge in [0.2, 0.25) is 0 Å². The van der Waals surface area contributed by atoms with Crippen LogP contribution in [0.3, 0.4) is 0 Å². The molecule has 0 aromatic carbocycles. The van der Waals surface area contributed by atoms with Crippen LogP contribution < -0.4 is 0 Å². The maximum absolute atomic E-state index is 13.0. The third kappa shape index (κ3) is 63.2. The first-order valence-electron chi connectivity index (χ1n) is 36.5. The van der Waals surface area contributed by atoms with Crippen LogP contribution in [0.4, 0.5) is 0 Å². The van der Waals surface area contributed by atoms with Gasteiger partial charge in [-0.15, -0.1) is 0 Å². The molecule has 17 nitrogen and oxygen atoms in total. The molecule has 0 fully saturated rings. The van der Waals surface area contributed by atoms with Crippen molar-refractivity contribution in [1.29, 1.82) is 0 Å². The summed E-state index contributed by atoms with van der Waals surface area (Å²) in [5.74, 6) is -0.635. The van der Waals surface area contributed by atoms with Crippen molar-refractivity contribution in [1.82, 2.24) is 0 Å². The van der Waals surface area contributed by atoms with E-state index in [-0.39, 0.29) is 25.7 Å². The Kier molecular flexibility index (Phi) is 60.8. The SMILES string of the molecule is CCCCCCCCCCCCCCCCCCC(=O)O[C@H](COC(=O)CCCCCCCCCCCCCC(C)C)COP(=O)(O)OC[C@@H](O)COP(=O)(O)OC[C@@H](COC(=O)CCCCCCCCCCC)OC(=O)CCCCCCCCC(C)CC. The van der Waals surface area contributed by atoms with E-state index in [0.29, 0.717) is 25.7 Å². The van der Waals surface area contributed by atoms with Crippen molar-refractivity contribution >= 4 is 39.5 Å². The first kappa shape index (κ1) is 87.1. The van der Waals surface area contributed by atoms with Crippen LogP contribution in [-0.2, 0) is 65.4 Å². The van der Waals surface area contributed by atoms with Gasteiger partial charge in [-0.3, -0.25) is 37.3 Å². The highest BCUT2D eigenvalue weighted by molar-refractivity contribution is 7.47. The summed E-state index contributed by atoms with van der Waals surface area (Å²) in [4.78, 5) is 72.5. The Bertz CT molecular complexity index is 1740. The number of phosphoric ester groups is 2. The minimum Gasteiger partial charge on any atom is -0.462 e. The fourth-order valence-electron chi connectivity index (χ4n) is 10.6. The van der Waals surface area contributed by atoms with E-state index in [9.17, 15) is 43.2 Å². The third-order valence-corrected chi connectivity index (χ3v) is 18.5. The van der Waals surface area contributed by atoms with Gasteiger partial charge in [0.1, 0.15) is 19.3 Å². The molecule has 0 rings (SSSR count). The molecular formula is C70H136O17P2. The smallest absolute Gasteiger partial charge is 0.462 e. The highest BCUT2D eigenvalue weighted by Gasteiger charge is 2.30. The van der Waals surface area contributed by atoms with Crippen molar-refractivity contribution in [3.05, 3.63) is 0 Å². The minimum atomic E-state index is -4.95. The quantitative estimate of drug-likeness (QED) is 0.0222. The number of hydrogen-bond acceptors (Lipinski definition) is 15. The van der Waals surface area contributed by atoms with Gasteiger partial charge in [-0.05, 0) is 37.5 Å². The number of ether oxygens (including phenoxy) is 4. The van der Waals surface area contributed by atoms with Crippen molar-refractivity contribution in [3.63, 3.8) is 0 Å². The Morgan fingerprint density at radius 2 is 0.573 bits per heavy atom. The zero-order chi connectivity index (χ0) is 65.7. The lowest BCUT2D eigenvalue weighted by Gasteiger charge is -2.21. The molecule has 0 amide bonds. The monoisotopic (exact) mass is 1310 g/mol. The van der Waals surface area contributed by atoms with E-state index in [4.69, 9.17) is 37.0 Å². The van der Waals surface area contributed by atoms with Crippen molar-refractivity contribution in [2.45, 2.75) is 374 Å². The van der Waals surface area contributed by atoms with Crippen LogP contribution >= 0.6 is 15.6 Å². The molecule has 0 heterocycles. The number of esters is 4. The van der Waals surface area contributed by atoms with Crippen molar-refractivity contribution in [2.24, 2.45) is 11.8 Å². The van der Waals surface area contributed by atoms with Crippen LogP contribution in [0.25, 0.3) is 0 Å². The maximum atomic E-state index is 13.0. The molecule has 3 unspecified atom stereocenters. The molecule has 0 aliphatic rings. The Balaban J connectivity index is 5.23. The van der Waals surface area contributed by atoms with E-state index in [0.717, 1.165) is 102 Å². The van der Waals surface area contributed by atoms with Crippen LogP contribution in [-0.4, -0.2) is 96.7 Å². The number of rotatable bonds is 69. The summed E-state index contributed by atoms with van der Waals surface area (Å²) in [5, 5.41) is 10.6. The lowest BCUT2D eigenvalue weighted by Crippen LogP contribution is -2.30. The first-order valence-corrected chi connectivity index (χ1v) is 39.5. The molecule has 0 radical (unpaired) electrons. The number of aliphatic hydroxyl groups is 1. The average molecular weight is 1310 g/mol. The minimum absolute atomic E-state index is 0.103. The zero-order valence-electron chi connectivity index (χ0n) is 57.7. The Morgan fingerprint density at radius 1 is 0.326 bits per heavy atom. The molecule has 0 bridgehead atoms. The molecule has 6 atom stereocenters. The van der Waals surface area contributed by atoms with E-state index in [1.807, 2.05) is 0 Å². The van der Waals surface area contributed by atoms with Gasteiger partial charge >= 0.3 is 39.5 Å². The second-order valence-corrected chi connectivity index (χ2v) is 28.9. The first-order chi connectivity index (χ1) is 42.9. The van der Waals surface area contributed by atoms with Gasteiger partial charge in [-0.25, -0.2) is 9.13 Å². The van der Waals surface area contributed by atoms with E-state index in [2.05, 4.69) is 41.5 Å². The van der Waals surface area contributed by atoms with Gasteiger partial charge in [0.25, 0.3) is 0 Å². The predicted molar refractivity (Wildman–Crippen MR) is 358 cm³/mol. The van der Waals surface area contributed by atoms with Crippen molar-refractivity contribution in [3.8, 4) is 0 Å². The molecule has 0 aromatic rings. The summed E-state index contributed by atoms with van der Waals surface area (Å²) in [6, 6.07) is 0. The highest BCUT2D eigenvalue weighted by Crippen LogP contribution is 2.45. The summed E-state index contributed by atoms with van der Waals surface area (Å²) in [7, 11) is -9.90. The van der Waals surface area contributed by atoms with Gasteiger partial charge in [0.05, 0.1) is 26.4 Å². The molecule has 0 aliphatic carbocycles. The molecule has 19 heteroatoms. The molecule has 0 spiro atoms. The van der Waals surface area contributed by atoms with Crippen LogP contribution in [0, 0.1) is 11.8 Å². The average Bonchev–Trinajstić information content (AvgIpc) is 3.68. The van der Waals surface area contributed by atoms with Gasteiger partial charge in [-0.1, -0.05) is 305 Å². The number of hydrogen-bond donors (Lipinski definition) is 3. The second kappa shape index (κ2) is 62.2. The van der Waals surface area contributed by atoms with Crippen molar-refractivity contribution < 1.29 is 80.2 Å². The lowest BCUT2D eigenvalue weighted by atomic mass is 10.00. The lowest BCUT2D eigenvalue weighted by molar-refractivity contribution is -0.161. The molecular weight excluding hydrogens is 1170 g/mol. The molecule has 3 N–H and O–H groups in total. The standard InChI is InChI=1S/C70H136O17P2/c1-7-10-12-14-16-18-19-20-21-22-23-26-31-35-42-48-54-69(74)86-65(58-81-68(73)53-47-41-34-30-27-24-25-29-32-38-44-50-62(4)5)60-84-88(76,77)82-56-64(71)57-83-89(78,79)85-61-66(59-80-67(72)52-46-40-33-28-17-15-13-11-8-2)87-70(75)55-49-43-37-36-39-45-51-63(6)9-3/h62-66,71H,7-61H2,1-6H3,(H,76,77)(H,78,79)/t63?,64-,65-,66-/m1/s1. The van der Waals surface area contributed by atoms with Crippen LogP contribution in [0.2, 0.25) is 0 Å². The van der Waals surface area contributed by atoms with Gasteiger partial charge in [-0.2, -0.15) is 0 Å². The number of unbranched alkanes of at least 4 members (excludes halogenated alkanes) is 38. The van der Waals surface area contributed by atoms with E-state index in [1.54, 1.807) is 0 Å². The molecule has 528 valence electrons. The molecule has 89 heavy (non-hydrogen) atoms. The Labute approximate surface area is 543 Å². The molecule has 0 aliphatic heterocycles. The topological polar surface area (TPSA) is 237 Å². The maximum Gasteiger partial charge on any atom is 0.472 e. The largest absolute Gasteiger partial charge is 0.472 e. The number of phosphoric acid groups is 2. The van der Waals surface area contributed by atoms with Gasteiger partial charge in [0, 0.05) is 25.7 Å². The Hall–Kier alpha value is -1.94. The summed E-state index contributed by atoms with van der Waals surface area (Å²) >= 11 is 0. The summed E-state index contributed by atoms with van der Waals surface area (Å²) in [6.45, 7) is 9.49. The van der Waals surface area contributed by atoms with E-state index in [1.165, 1.54) is 173 Å². The van der Waals surface area contributed by atoms with Gasteiger partial charge < -0.3 is 33.8 Å². The fraction of sp³-hybridized carbons (Fsp3) is 0.943. The third-order valence-electron chi connectivity index (χ3n) is 16.6. The summed E-state index contributed by atoms with van der Waals surface area (Å²) in [5.41, 5.74) is 0. The van der Waals surface area contributed by atoms with Crippen LogP contribution in [0.15, 0.2) is 0 Å².